The summed E-state index contributed by atoms with van der Waals surface area (Å²) in [6, 6.07) is 14.9. The highest BCUT2D eigenvalue weighted by Gasteiger charge is 2.40. The van der Waals surface area contributed by atoms with E-state index in [0.29, 0.717) is 18.8 Å². The number of carbonyl (C=O) groups is 2. The summed E-state index contributed by atoms with van der Waals surface area (Å²) < 4.78 is 37.7. The van der Waals surface area contributed by atoms with Crippen LogP contribution in [0.5, 0.6) is 5.75 Å². The Labute approximate surface area is 188 Å². The maximum Gasteiger partial charge on any atom is 0.325 e. The number of hydrogen-bond acceptors (Lipinski definition) is 7. The summed E-state index contributed by atoms with van der Waals surface area (Å²) in [5.41, 5.74) is 1.06. The highest BCUT2D eigenvalue weighted by molar-refractivity contribution is 7.89. The highest BCUT2D eigenvalue weighted by Crippen LogP contribution is 2.25. The summed E-state index contributed by atoms with van der Waals surface area (Å²) in [4.78, 5) is 26.5. The van der Waals surface area contributed by atoms with Gasteiger partial charge in [0.1, 0.15) is 18.3 Å². The molecule has 0 spiro atoms. The molecule has 32 heavy (non-hydrogen) atoms. The van der Waals surface area contributed by atoms with Crippen LogP contribution < -0.4 is 10.1 Å². The molecule has 0 bridgehead atoms. The number of hydrogen-bond donors (Lipinski definition) is 1. The Morgan fingerprint density at radius 1 is 1.06 bits per heavy atom. The first kappa shape index (κ1) is 23.7. The van der Waals surface area contributed by atoms with Gasteiger partial charge >= 0.3 is 5.97 Å². The van der Waals surface area contributed by atoms with Crippen LogP contribution in [0.3, 0.4) is 0 Å². The van der Waals surface area contributed by atoms with Crippen LogP contribution in [0.15, 0.2) is 59.5 Å². The van der Waals surface area contributed by atoms with E-state index in [1.807, 2.05) is 35.2 Å². The number of benzene rings is 2. The number of ether oxygens (including phenoxy) is 2. The third-order valence-corrected chi connectivity index (χ3v) is 7.15. The minimum atomic E-state index is -3.98. The number of rotatable bonds is 8. The van der Waals surface area contributed by atoms with Gasteiger partial charge in [-0.1, -0.05) is 36.4 Å². The number of piperazine rings is 1. The van der Waals surface area contributed by atoms with E-state index in [0.717, 1.165) is 5.56 Å². The van der Waals surface area contributed by atoms with E-state index in [4.69, 9.17) is 4.74 Å². The molecule has 1 amide bonds. The Bertz CT molecular complexity index is 1040. The minimum absolute atomic E-state index is 0.0409. The Morgan fingerprint density at radius 3 is 2.50 bits per heavy atom. The fourth-order valence-corrected chi connectivity index (χ4v) is 5.16. The van der Waals surface area contributed by atoms with E-state index in [1.54, 1.807) is 12.1 Å². The lowest BCUT2D eigenvalue weighted by atomic mass is 10.1. The summed E-state index contributed by atoms with van der Waals surface area (Å²) >= 11 is 0. The van der Waals surface area contributed by atoms with Gasteiger partial charge in [0, 0.05) is 32.2 Å². The third kappa shape index (κ3) is 5.64. The zero-order chi connectivity index (χ0) is 23.1. The second-order valence-corrected chi connectivity index (χ2v) is 9.22. The SMILES string of the molecule is COC(=O)CNC(=O)C1CN(Cc2ccccc2)CCN1S(=O)(=O)c1cccc(OC)c1. The first-order valence-electron chi connectivity index (χ1n) is 10.1. The molecule has 1 fully saturated rings. The monoisotopic (exact) mass is 461 g/mol. The van der Waals surface area contributed by atoms with Crippen molar-refractivity contribution in [1.82, 2.24) is 14.5 Å². The van der Waals surface area contributed by atoms with Gasteiger partial charge in [0.15, 0.2) is 0 Å². The van der Waals surface area contributed by atoms with Gasteiger partial charge < -0.3 is 14.8 Å². The van der Waals surface area contributed by atoms with Gasteiger partial charge in [0.05, 0.1) is 19.1 Å². The van der Waals surface area contributed by atoms with Gasteiger partial charge in [0.2, 0.25) is 15.9 Å². The van der Waals surface area contributed by atoms with Crippen LogP contribution in [0.4, 0.5) is 0 Å². The summed E-state index contributed by atoms with van der Waals surface area (Å²) in [5, 5.41) is 2.49. The summed E-state index contributed by atoms with van der Waals surface area (Å²) in [6.07, 6.45) is 0. The quantitative estimate of drug-likeness (QED) is 0.582. The second kappa shape index (κ2) is 10.6. The molecule has 2 aromatic rings. The fourth-order valence-electron chi connectivity index (χ4n) is 3.56. The molecule has 0 radical (unpaired) electrons. The van der Waals surface area contributed by atoms with Crippen LogP contribution in [0.2, 0.25) is 0 Å². The first-order valence-corrected chi connectivity index (χ1v) is 11.6. The van der Waals surface area contributed by atoms with Gasteiger partial charge in [-0.2, -0.15) is 4.31 Å². The number of methoxy groups -OCH3 is 2. The molecular weight excluding hydrogens is 434 g/mol. The zero-order valence-electron chi connectivity index (χ0n) is 18.1. The van der Waals surface area contributed by atoms with E-state index in [9.17, 15) is 18.0 Å². The molecule has 0 aliphatic carbocycles. The Morgan fingerprint density at radius 2 is 1.81 bits per heavy atom. The molecule has 1 N–H and O–H groups in total. The number of nitrogens with zero attached hydrogens (tertiary/aromatic N) is 2. The van der Waals surface area contributed by atoms with Crippen molar-refractivity contribution < 1.29 is 27.5 Å². The molecule has 1 atom stereocenters. The van der Waals surface area contributed by atoms with Crippen molar-refractivity contribution in [1.29, 1.82) is 0 Å². The average Bonchev–Trinajstić information content (AvgIpc) is 2.82. The van der Waals surface area contributed by atoms with Crippen molar-refractivity contribution in [3.8, 4) is 5.75 Å². The van der Waals surface area contributed by atoms with Crippen LogP contribution in [0, 0.1) is 0 Å². The summed E-state index contributed by atoms with van der Waals surface area (Å²) in [6.45, 7) is 1.01. The van der Waals surface area contributed by atoms with Gasteiger partial charge in [-0.15, -0.1) is 0 Å². The van der Waals surface area contributed by atoms with E-state index in [2.05, 4.69) is 10.1 Å². The molecule has 2 aromatic carbocycles. The van der Waals surface area contributed by atoms with Crippen LogP contribution >= 0.6 is 0 Å². The predicted octanol–water partition coefficient (Wildman–Crippen LogP) is 0.860. The molecular formula is C22H27N3O6S. The largest absolute Gasteiger partial charge is 0.497 e. The highest BCUT2D eigenvalue weighted by atomic mass is 32.2. The van der Waals surface area contributed by atoms with E-state index in [1.165, 1.54) is 30.7 Å². The molecule has 1 aliphatic rings. The number of carbonyl (C=O) groups excluding carboxylic acids is 2. The van der Waals surface area contributed by atoms with Gasteiger partial charge in [0.25, 0.3) is 0 Å². The lowest BCUT2D eigenvalue weighted by Crippen LogP contribution is -2.60. The Hall–Kier alpha value is -2.95. The molecule has 0 saturated carbocycles. The number of nitrogens with one attached hydrogen (secondary N) is 1. The van der Waals surface area contributed by atoms with Crippen LogP contribution in [-0.2, 0) is 30.9 Å². The van der Waals surface area contributed by atoms with E-state index in [-0.39, 0.29) is 24.5 Å². The lowest BCUT2D eigenvalue weighted by molar-refractivity contribution is -0.141. The second-order valence-electron chi connectivity index (χ2n) is 7.33. The van der Waals surface area contributed by atoms with Crippen molar-refractivity contribution in [3.63, 3.8) is 0 Å². The maximum absolute atomic E-state index is 13.4. The maximum atomic E-state index is 13.4. The molecule has 0 aromatic heterocycles. The predicted molar refractivity (Wildman–Crippen MR) is 117 cm³/mol. The smallest absolute Gasteiger partial charge is 0.325 e. The fraction of sp³-hybridized carbons (Fsp3) is 0.364. The van der Waals surface area contributed by atoms with Gasteiger partial charge in [-0.25, -0.2) is 8.42 Å². The van der Waals surface area contributed by atoms with Crippen LogP contribution in [0.25, 0.3) is 0 Å². The summed E-state index contributed by atoms with van der Waals surface area (Å²) in [5.74, 6) is -0.766. The molecule has 9 nitrogen and oxygen atoms in total. The molecule has 10 heteroatoms. The van der Waals surface area contributed by atoms with Gasteiger partial charge in [-0.05, 0) is 17.7 Å². The number of amides is 1. The van der Waals surface area contributed by atoms with Crippen LogP contribution in [-0.4, -0.2) is 75.9 Å². The van der Waals surface area contributed by atoms with Crippen molar-refractivity contribution >= 4 is 21.9 Å². The number of sulfonamides is 1. The molecule has 1 heterocycles. The van der Waals surface area contributed by atoms with Crippen molar-refractivity contribution in [2.45, 2.75) is 17.5 Å². The third-order valence-electron chi connectivity index (χ3n) is 5.25. The van der Waals surface area contributed by atoms with Crippen molar-refractivity contribution in [2.24, 2.45) is 0 Å². The zero-order valence-corrected chi connectivity index (χ0v) is 18.9. The van der Waals surface area contributed by atoms with Gasteiger partial charge in [-0.3, -0.25) is 14.5 Å². The van der Waals surface area contributed by atoms with Crippen molar-refractivity contribution in [3.05, 3.63) is 60.2 Å². The standard InChI is InChI=1S/C22H27N3O6S/c1-30-18-9-6-10-19(13-18)32(28,29)25-12-11-24(15-17-7-4-3-5-8-17)16-20(25)22(27)23-14-21(26)31-2/h3-10,13,20H,11-12,14-16H2,1-2H3,(H,23,27). The Balaban J connectivity index is 1.85. The molecule has 1 aliphatic heterocycles. The average molecular weight is 462 g/mol. The lowest BCUT2D eigenvalue weighted by Gasteiger charge is -2.39. The number of esters is 1. The minimum Gasteiger partial charge on any atom is -0.497 e. The topological polar surface area (TPSA) is 105 Å². The van der Waals surface area contributed by atoms with Crippen LogP contribution in [0.1, 0.15) is 5.56 Å². The molecule has 3 rings (SSSR count). The Kier molecular flexibility index (Phi) is 7.84. The molecule has 1 saturated heterocycles. The van der Waals surface area contributed by atoms with Crippen molar-refractivity contribution in [2.75, 3.05) is 40.4 Å². The normalized spacial score (nSPS) is 17.5. The first-order chi connectivity index (χ1) is 15.3. The molecule has 1 unspecified atom stereocenters. The van der Waals surface area contributed by atoms with E-state index >= 15 is 0 Å². The molecule has 172 valence electrons. The van der Waals surface area contributed by atoms with E-state index < -0.39 is 27.9 Å². The summed E-state index contributed by atoms with van der Waals surface area (Å²) in [7, 11) is -1.31.